The number of nitrogens with zero attached hydrogens (tertiary/aromatic N) is 1. The SMILES string of the molecule is O=C(CSc1cn(CCNC(=O)c2ccccc2F)c2ccccc12)NCc1ccc(F)cc1. The van der Waals surface area contributed by atoms with Gasteiger partial charge >= 0.3 is 0 Å². The van der Waals surface area contributed by atoms with E-state index in [1.54, 1.807) is 24.3 Å². The average Bonchev–Trinajstić information content (AvgIpc) is 3.20. The van der Waals surface area contributed by atoms with E-state index < -0.39 is 11.7 Å². The zero-order valence-corrected chi connectivity index (χ0v) is 19.1. The molecule has 34 heavy (non-hydrogen) atoms. The molecule has 0 aliphatic rings. The summed E-state index contributed by atoms with van der Waals surface area (Å²) in [6.45, 7) is 1.16. The smallest absolute Gasteiger partial charge is 0.254 e. The van der Waals surface area contributed by atoms with Crippen LogP contribution in [0.4, 0.5) is 8.78 Å². The van der Waals surface area contributed by atoms with Crippen molar-refractivity contribution < 1.29 is 18.4 Å². The number of rotatable bonds is 9. The van der Waals surface area contributed by atoms with Crippen LogP contribution < -0.4 is 10.6 Å². The summed E-state index contributed by atoms with van der Waals surface area (Å²) >= 11 is 1.43. The van der Waals surface area contributed by atoms with E-state index in [4.69, 9.17) is 0 Å². The van der Waals surface area contributed by atoms with E-state index in [1.807, 2.05) is 35.0 Å². The Kier molecular flexibility index (Phi) is 7.59. The first kappa shape index (κ1) is 23.5. The molecule has 174 valence electrons. The molecule has 4 aromatic rings. The van der Waals surface area contributed by atoms with Crippen LogP contribution in [0.15, 0.2) is 83.9 Å². The summed E-state index contributed by atoms with van der Waals surface area (Å²) in [7, 11) is 0. The van der Waals surface area contributed by atoms with Crippen molar-refractivity contribution in [2.45, 2.75) is 18.0 Å². The fraction of sp³-hybridized carbons (Fsp3) is 0.154. The van der Waals surface area contributed by atoms with Gasteiger partial charge in [-0.05, 0) is 35.9 Å². The molecule has 0 atom stereocenters. The Bertz CT molecular complexity index is 1310. The number of halogens is 2. The van der Waals surface area contributed by atoms with Crippen LogP contribution in [0.3, 0.4) is 0 Å². The summed E-state index contributed by atoms with van der Waals surface area (Å²) in [5.41, 5.74) is 1.83. The van der Waals surface area contributed by atoms with E-state index in [-0.39, 0.29) is 23.0 Å². The molecule has 0 saturated carbocycles. The third-order valence-electron chi connectivity index (χ3n) is 5.27. The van der Waals surface area contributed by atoms with E-state index in [0.29, 0.717) is 19.6 Å². The van der Waals surface area contributed by atoms with Crippen LogP contribution in [0.5, 0.6) is 0 Å². The second-order valence-electron chi connectivity index (χ2n) is 7.63. The monoisotopic (exact) mass is 479 g/mol. The molecule has 8 heteroatoms. The molecule has 5 nitrogen and oxygen atoms in total. The Morgan fingerprint density at radius 2 is 1.62 bits per heavy atom. The molecule has 0 saturated heterocycles. The number of carbonyl (C=O) groups excluding carboxylic acids is 2. The number of hydrogen-bond donors (Lipinski definition) is 2. The van der Waals surface area contributed by atoms with Gasteiger partial charge in [-0.15, -0.1) is 11.8 Å². The van der Waals surface area contributed by atoms with Crippen molar-refractivity contribution in [3.05, 3.63) is 102 Å². The topological polar surface area (TPSA) is 63.1 Å². The molecule has 4 rings (SSSR count). The minimum Gasteiger partial charge on any atom is -0.351 e. The van der Waals surface area contributed by atoms with Crippen LogP contribution in [0.1, 0.15) is 15.9 Å². The molecule has 0 spiro atoms. The quantitative estimate of drug-likeness (QED) is 0.341. The number of carbonyl (C=O) groups is 2. The van der Waals surface area contributed by atoms with Crippen LogP contribution in [-0.2, 0) is 17.9 Å². The molecule has 0 aliphatic heterocycles. The molecular weight excluding hydrogens is 456 g/mol. The van der Waals surface area contributed by atoms with Gasteiger partial charge in [0.1, 0.15) is 11.6 Å². The van der Waals surface area contributed by atoms with Gasteiger partial charge in [0.15, 0.2) is 0 Å². The van der Waals surface area contributed by atoms with Crippen molar-refractivity contribution >= 4 is 34.5 Å². The predicted octanol–water partition coefficient (Wildman–Crippen LogP) is 4.76. The summed E-state index contributed by atoms with van der Waals surface area (Å²) in [6, 6.07) is 19.7. The lowest BCUT2D eigenvalue weighted by Gasteiger charge is -2.08. The first-order chi connectivity index (χ1) is 16.5. The van der Waals surface area contributed by atoms with Gasteiger partial charge in [-0.1, -0.05) is 42.5 Å². The Hall–Kier alpha value is -3.65. The van der Waals surface area contributed by atoms with Gasteiger partial charge < -0.3 is 15.2 Å². The van der Waals surface area contributed by atoms with E-state index in [1.165, 1.54) is 36.0 Å². The lowest BCUT2D eigenvalue weighted by Crippen LogP contribution is -2.27. The number of nitrogens with one attached hydrogen (secondary N) is 2. The Morgan fingerprint density at radius 1 is 0.882 bits per heavy atom. The van der Waals surface area contributed by atoms with Crippen LogP contribution in [0, 0.1) is 11.6 Å². The Balaban J connectivity index is 1.34. The van der Waals surface area contributed by atoms with Crippen molar-refractivity contribution in [2.24, 2.45) is 0 Å². The van der Waals surface area contributed by atoms with Gasteiger partial charge in [-0.25, -0.2) is 8.78 Å². The first-order valence-corrected chi connectivity index (χ1v) is 11.7. The number of benzene rings is 3. The Labute approximate surface area is 200 Å². The predicted molar refractivity (Wildman–Crippen MR) is 130 cm³/mol. The molecule has 0 bridgehead atoms. The van der Waals surface area contributed by atoms with Crippen molar-refractivity contribution in [1.82, 2.24) is 15.2 Å². The molecule has 3 aromatic carbocycles. The number of para-hydroxylation sites is 1. The zero-order chi connectivity index (χ0) is 23.9. The standard InChI is InChI=1S/C26H23F2N3O2S/c27-19-11-9-18(10-12-19)15-30-25(32)17-34-24-16-31(23-8-4-2-6-21(23)24)14-13-29-26(33)20-5-1-3-7-22(20)28/h1-12,16H,13-15,17H2,(H,29,33)(H,30,32). The van der Waals surface area contributed by atoms with E-state index in [0.717, 1.165) is 21.4 Å². The molecular formula is C26H23F2N3O2S. The minimum atomic E-state index is -0.553. The molecule has 0 radical (unpaired) electrons. The summed E-state index contributed by atoms with van der Waals surface area (Å²) < 4.78 is 28.8. The summed E-state index contributed by atoms with van der Waals surface area (Å²) in [4.78, 5) is 25.5. The van der Waals surface area contributed by atoms with E-state index in [2.05, 4.69) is 10.6 Å². The molecule has 2 amide bonds. The maximum atomic E-state index is 13.8. The summed E-state index contributed by atoms with van der Waals surface area (Å²) in [5, 5.41) is 6.61. The first-order valence-electron chi connectivity index (χ1n) is 10.8. The number of amides is 2. The van der Waals surface area contributed by atoms with Crippen LogP contribution in [0.25, 0.3) is 10.9 Å². The van der Waals surface area contributed by atoms with Crippen molar-refractivity contribution in [3.8, 4) is 0 Å². The zero-order valence-electron chi connectivity index (χ0n) is 18.3. The highest BCUT2D eigenvalue weighted by atomic mass is 32.2. The second kappa shape index (κ2) is 11.0. The summed E-state index contributed by atoms with van der Waals surface area (Å²) in [5.74, 6) is -1.21. The summed E-state index contributed by atoms with van der Waals surface area (Å²) in [6.07, 6.45) is 1.96. The normalized spacial score (nSPS) is 10.9. The van der Waals surface area contributed by atoms with Crippen molar-refractivity contribution in [2.75, 3.05) is 12.3 Å². The average molecular weight is 480 g/mol. The van der Waals surface area contributed by atoms with Crippen LogP contribution in [-0.4, -0.2) is 28.7 Å². The van der Waals surface area contributed by atoms with E-state index >= 15 is 0 Å². The fourth-order valence-corrected chi connectivity index (χ4v) is 4.46. The lowest BCUT2D eigenvalue weighted by atomic mass is 10.2. The van der Waals surface area contributed by atoms with Gasteiger partial charge in [0, 0.05) is 41.6 Å². The molecule has 0 fully saturated rings. The third kappa shape index (κ3) is 5.82. The Morgan fingerprint density at radius 3 is 2.41 bits per heavy atom. The maximum absolute atomic E-state index is 13.8. The number of aromatic nitrogens is 1. The maximum Gasteiger partial charge on any atom is 0.254 e. The highest BCUT2D eigenvalue weighted by Gasteiger charge is 2.13. The van der Waals surface area contributed by atoms with Gasteiger partial charge in [-0.2, -0.15) is 0 Å². The van der Waals surface area contributed by atoms with Crippen LogP contribution >= 0.6 is 11.8 Å². The largest absolute Gasteiger partial charge is 0.351 e. The van der Waals surface area contributed by atoms with Gasteiger partial charge in [0.05, 0.1) is 11.3 Å². The minimum absolute atomic E-state index is 0.0164. The number of hydrogen-bond acceptors (Lipinski definition) is 3. The van der Waals surface area contributed by atoms with Gasteiger partial charge in [-0.3, -0.25) is 9.59 Å². The van der Waals surface area contributed by atoms with E-state index in [9.17, 15) is 18.4 Å². The third-order valence-corrected chi connectivity index (χ3v) is 6.31. The van der Waals surface area contributed by atoms with Crippen molar-refractivity contribution in [3.63, 3.8) is 0 Å². The highest BCUT2D eigenvalue weighted by molar-refractivity contribution is 8.00. The fourth-order valence-electron chi connectivity index (χ4n) is 3.54. The molecule has 0 aliphatic carbocycles. The lowest BCUT2D eigenvalue weighted by molar-refractivity contribution is -0.118. The van der Waals surface area contributed by atoms with Gasteiger partial charge in [0.25, 0.3) is 5.91 Å². The molecule has 1 heterocycles. The molecule has 2 N–H and O–H groups in total. The van der Waals surface area contributed by atoms with Crippen LogP contribution in [0.2, 0.25) is 0 Å². The van der Waals surface area contributed by atoms with Gasteiger partial charge in [0.2, 0.25) is 5.91 Å². The van der Waals surface area contributed by atoms with Crippen molar-refractivity contribution in [1.29, 1.82) is 0 Å². The number of fused-ring (bicyclic) bond motifs is 1. The molecule has 1 aromatic heterocycles. The number of thioether (sulfide) groups is 1. The molecule has 0 unspecified atom stereocenters. The highest BCUT2D eigenvalue weighted by Crippen LogP contribution is 2.29. The second-order valence-corrected chi connectivity index (χ2v) is 8.65.